The molecule has 4 rings (SSSR count). The highest BCUT2D eigenvalue weighted by Crippen LogP contribution is 2.29. The molecule has 2 aromatic heterocycles. The van der Waals surface area contributed by atoms with Gasteiger partial charge in [0.05, 0.1) is 16.6 Å². The van der Waals surface area contributed by atoms with Crippen molar-refractivity contribution < 1.29 is 17.7 Å². The van der Waals surface area contributed by atoms with Crippen LogP contribution in [0.25, 0.3) is 22.4 Å². The molecule has 1 N–H and O–H groups in total. The van der Waals surface area contributed by atoms with Crippen molar-refractivity contribution in [3.05, 3.63) is 59.5 Å². The van der Waals surface area contributed by atoms with E-state index in [0.29, 0.717) is 30.6 Å². The number of nitrogens with one attached hydrogen (secondary N) is 1. The number of imidazole rings is 1. The smallest absolute Gasteiger partial charge is 0.343 e. The molecule has 4 aromatic rings. The van der Waals surface area contributed by atoms with Crippen LogP contribution < -0.4 is 4.90 Å². The normalized spacial score (nSPS) is 12.1. The van der Waals surface area contributed by atoms with Gasteiger partial charge in [-0.15, -0.1) is 0 Å². The standard InChI is InChI=1S/C22H22F3N5O/c1-13(2)30(3)21-26-17-10-7-15(12-18(17)27-21)20-28-19(31-29-20)11-6-14-4-8-16(9-5-14)22(23,24)25/h4-5,7-10,12-13H,6,11H2,1-3H3,(H,26,27). The third-order valence-corrected chi connectivity index (χ3v) is 5.21. The van der Waals surface area contributed by atoms with Crippen molar-refractivity contribution in [2.24, 2.45) is 0 Å². The van der Waals surface area contributed by atoms with Gasteiger partial charge in [0.2, 0.25) is 17.7 Å². The van der Waals surface area contributed by atoms with Crippen LogP contribution in [-0.4, -0.2) is 33.2 Å². The van der Waals surface area contributed by atoms with Gasteiger partial charge in [-0.3, -0.25) is 0 Å². The fraction of sp³-hybridized carbons (Fsp3) is 0.318. The molecule has 0 unspecified atom stereocenters. The second-order valence-corrected chi connectivity index (χ2v) is 7.70. The van der Waals surface area contributed by atoms with E-state index >= 15 is 0 Å². The van der Waals surface area contributed by atoms with E-state index in [9.17, 15) is 13.2 Å². The minimum atomic E-state index is -4.33. The van der Waals surface area contributed by atoms with Crippen LogP contribution >= 0.6 is 0 Å². The minimum absolute atomic E-state index is 0.310. The van der Waals surface area contributed by atoms with Crippen LogP contribution in [0, 0.1) is 0 Å². The molecule has 162 valence electrons. The number of alkyl halides is 3. The Labute approximate surface area is 177 Å². The number of nitrogens with zero attached hydrogens (tertiary/aromatic N) is 4. The summed E-state index contributed by atoms with van der Waals surface area (Å²) in [7, 11) is 1.98. The lowest BCUT2D eigenvalue weighted by Crippen LogP contribution is -2.26. The molecule has 31 heavy (non-hydrogen) atoms. The van der Waals surface area contributed by atoms with Crippen molar-refractivity contribution in [3.8, 4) is 11.4 Å². The number of aromatic nitrogens is 4. The molecule has 0 aliphatic heterocycles. The van der Waals surface area contributed by atoms with Crippen LogP contribution in [0.1, 0.15) is 30.9 Å². The van der Waals surface area contributed by atoms with Crippen LogP contribution in [0.4, 0.5) is 19.1 Å². The molecular weight excluding hydrogens is 407 g/mol. The summed E-state index contributed by atoms with van der Waals surface area (Å²) in [6, 6.07) is 11.1. The predicted octanol–water partition coefficient (Wildman–Crippen LogP) is 5.26. The number of anilines is 1. The average molecular weight is 429 g/mol. The number of hydrogen-bond acceptors (Lipinski definition) is 5. The quantitative estimate of drug-likeness (QED) is 0.453. The topological polar surface area (TPSA) is 70.8 Å². The Hall–Kier alpha value is -3.36. The Morgan fingerprint density at radius 3 is 2.45 bits per heavy atom. The van der Waals surface area contributed by atoms with E-state index in [1.165, 1.54) is 12.1 Å². The SMILES string of the molecule is CC(C)N(C)c1nc2ccc(-c3noc(CCc4ccc(C(F)(F)F)cc4)n3)cc2[nH]1. The number of H-pyrrole nitrogens is 1. The molecule has 0 spiro atoms. The van der Waals surface area contributed by atoms with E-state index in [1.54, 1.807) is 0 Å². The molecule has 2 aromatic carbocycles. The van der Waals surface area contributed by atoms with Crippen molar-refractivity contribution >= 4 is 17.0 Å². The van der Waals surface area contributed by atoms with Gasteiger partial charge in [-0.1, -0.05) is 17.3 Å². The van der Waals surface area contributed by atoms with Crippen molar-refractivity contribution in [1.82, 2.24) is 20.1 Å². The summed E-state index contributed by atoms with van der Waals surface area (Å²) < 4.78 is 43.3. The van der Waals surface area contributed by atoms with Crippen molar-refractivity contribution in [3.63, 3.8) is 0 Å². The first kappa shape index (κ1) is 20.9. The highest BCUT2D eigenvalue weighted by molar-refractivity contribution is 5.82. The van der Waals surface area contributed by atoms with E-state index in [1.807, 2.05) is 30.1 Å². The van der Waals surface area contributed by atoms with Crippen LogP contribution in [0.15, 0.2) is 47.0 Å². The number of aryl methyl sites for hydroxylation is 2. The predicted molar refractivity (Wildman–Crippen MR) is 112 cm³/mol. The zero-order valence-electron chi connectivity index (χ0n) is 17.4. The van der Waals surface area contributed by atoms with Gasteiger partial charge in [0.15, 0.2) is 0 Å². The average Bonchev–Trinajstić information content (AvgIpc) is 3.37. The van der Waals surface area contributed by atoms with E-state index < -0.39 is 11.7 Å². The van der Waals surface area contributed by atoms with Gasteiger partial charge in [-0.25, -0.2) is 4.98 Å². The third-order valence-electron chi connectivity index (χ3n) is 5.21. The molecule has 0 saturated heterocycles. The molecule has 9 heteroatoms. The first-order valence-electron chi connectivity index (χ1n) is 9.92. The molecule has 0 aliphatic carbocycles. The number of halogens is 3. The van der Waals surface area contributed by atoms with E-state index in [4.69, 9.17) is 4.52 Å². The Morgan fingerprint density at radius 1 is 1.03 bits per heavy atom. The second kappa shape index (κ2) is 8.05. The zero-order chi connectivity index (χ0) is 22.2. The van der Waals surface area contributed by atoms with Gasteiger partial charge in [-0.2, -0.15) is 18.2 Å². The van der Waals surface area contributed by atoms with Crippen LogP contribution in [0.5, 0.6) is 0 Å². The minimum Gasteiger partial charge on any atom is -0.343 e. The van der Waals surface area contributed by atoms with Crippen LogP contribution in [0.2, 0.25) is 0 Å². The van der Waals surface area contributed by atoms with Crippen molar-refractivity contribution in [2.75, 3.05) is 11.9 Å². The van der Waals surface area contributed by atoms with E-state index in [0.717, 1.165) is 40.2 Å². The molecular formula is C22H22F3N5O. The fourth-order valence-corrected chi connectivity index (χ4v) is 3.13. The Balaban J connectivity index is 1.46. The van der Waals surface area contributed by atoms with E-state index in [2.05, 4.69) is 34.0 Å². The summed E-state index contributed by atoms with van der Waals surface area (Å²) >= 11 is 0. The maximum Gasteiger partial charge on any atom is 0.416 e. The number of hydrogen-bond donors (Lipinski definition) is 1. The van der Waals surface area contributed by atoms with Gasteiger partial charge in [-0.05, 0) is 56.2 Å². The molecule has 0 radical (unpaired) electrons. The zero-order valence-corrected chi connectivity index (χ0v) is 17.4. The molecule has 0 fully saturated rings. The molecule has 0 amide bonds. The van der Waals surface area contributed by atoms with E-state index in [-0.39, 0.29) is 0 Å². The van der Waals surface area contributed by atoms with Crippen LogP contribution in [0.3, 0.4) is 0 Å². The molecule has 0 bridgehead atoms. The second-order valence-electron chi connectivity index (χ2n) is 7.70. The van der Waals surface area contributed by atoms with Crippen molar-refractivity contribution in [1.29, 1.82) is 0 Å². The molecule has 2 heterocycles. The monoisotopic (exact) mass is 429 g/mol. The highest BCUT2D eigenvalue weighted by atomic mass is 19.4. The first-order valence-corrected chi connectivity index (χ1v) is 9.92. The largest absolute Gasteiger partial charge is 0.416 e. The number of fused-ring (bicyclic) bond motifs is 1. The lowest BCUT2D eigenvalue weighted by Gasteiger charge is -2.19. The molecule has 0 aliphatic rings. The van der Waals surface area contributed by atoms with Crippen molar-refractivity contribution in [2.45, 2.75) is 38.9 Å². The Kier molecular flexibility index (Phi) is 5.43. The number of rotatable bonds is 6. The summed E-state index contributed by atoms with van der Waals surface area (Å²) in [5.74, 6) is 1.67. The fourth-order valence-electron chi connectivity index (χ4n) is 3.13. The summed E-state index contributed by atoms with van der Waals surface area (Å²) in [4.78, 5) is 14.4. The summed E-state index contributed by atoms with van der Waals surface area (Å²) in [6.45, 7) is 4.17. The molecule has 0 saturated carbocycles. The Bertz CT molecular complexity index is 1180. The number of aromatic amines is 1. The lowest BCUT2D eigenvalue weighted by molar-refractivity contribution is -0.137. The van der Waals surface area contributed by atoms with Gasteiger partial charge in [0.25, 0.3) is 0 Å². The maximum atomic E-state index is 12.7. The molecule has 0 atom stereocenters. The maximum absolute atomic E-state index is 12.7. The van der Waals surface area contributed by atoms with Gasteiger partial charge >= 0.3 is 6.18 Å². The summed E-state index contributed by atoms with van der Waals surface area (Å²) in [5.41, 5.74) is 2.62. The third kappa shape index (κ3) is 4.55. The molecule has 6 nitrogen and oxygen atoms in total. The van der Waals surface area contributed by atoms with Gasteiger partial charge in [0, 0.05) is 25.1 Å². The summed E-state index contributed by atoms with van der Waals surface area (Å²) in [5, 5.41) is 4.04. The first-order chi connectivity index (χ1) is 14.7. The van der Waals surface area contributed by atoms with Crippen LogP contribution in [-0.2, 0) is 19.0 Å². The highest BCUT2D eigenvalue weighted by Gasteiger charge is 2.29. The Morgan fingerprint density at radius 2 is 1.77 bits per heavy atom. The number of benzene rings is 2. The lowest BCUT2D eigenvalue weighted by atomic mass is 10.1. The van der Waals surface area contributed by atoms with Gasteiger partial charge < -0.3 is 14.4 Å². The van der Waals surface area contributed by atoms with Gasteiger partial charge in [0.1, 0.15) is 0 Å². The summed E-state index contributed by atoms with van der Waals surface area (Å²) in [6.07, 6.45) is -3.39.